The van der Waals surface area contributed by atoms with Gasteiger partial charge >= 0.3 is 7.60 Å². The molecule has 0 aromatic heterocycles. The van der Waals surface area contributed by atoms with Gasteiger partial charge in [0.05, 0.1) is 21.1 Å². The van der Waals surface area contributed by atoms with E-state index in [2.05, 4.69) is 19.1 Å². The van der Waals surface area contributed by atoms with Crippen LogP contribution in [0, 0.1) is 0 Å². The van der Waals surface area contributed by atoms with Gasteiger partial charge in [-0.15, -0.1) is 0 Å². The van der Waals surface area contributed by atoms with Gasteiger partial charge in [-0.1, -0.05) is 103 Å². The molecule has 0 radical (unpaired) electrons. The van der Waals surface area contributed by atoms with Crippen LogP contribution in [0.3, 0.4) is 0 Å². The lowest BCUT2D eigenvalue weighted by molar-refractivity contribution is -0.896. The molecule has 0 aliphatic rings. The highest BCUT2D eigenvalue weighted by Crippen LogP contribution is 2.45. The average Bonchev–Trinajstić information content (AvgIpc) is 2.73. The maximum absolute atomic E-state index is 11.7. The third-order valence-electron chi connectivity index (χ3n) is 7.09. The Bertz CT molecular complexity index is 510. The number of nitrogens with zero attached hydrogens (tertiary/aromatic N) is 1. The summed E-state index contributed by atoms with van der Waals surface area (Å²) in [6.07, 6.45) is 29.5. The predicted octanol–water partition coefficient (Wildman–Crippen LogP) is 8.62. The van der Waals surface area contributed by atoms with Crippen molar-refractivity contribution in [1.82, 2.24) is 0 Å². The Morgan fingerprint density at radius 1 is 0.667 bits per heavy atom. The molecule has 0 rings (SSSR count). The van der Waals surface area contributed by atoms with Gasteiger partial charge in [-0.05, 0) is 39.0 Å². The van der Waals surface area contributed by atoms with Crippen LogP contribution in [0.4, 0.5) is 0 Å². The zero-order valence-electron chi connectivity index (χ0n) is 22.9. The quantitative estimate of drug-likeness (QED) is 0.0655. The molecule has 2 unspecified atom stereocenters. The van der Waals surface area contributed by atoms with Gasteiger partial charge in [0, 0.05) is 6.42 Å². The molecule has 0 fully saturated rings. The molecule has 0 spiro atoms. The van der Waals surface area contributed by atoms with Crippen LogP contribution in [0.25, 0.3) is 0 Å². The largest absolute Gasteiger partial charge is 0.334 e. The van der Waals surface area contributed by atoms with E-state index in [1.807, 2.05) is 21.1 Å². The van der Waals surface area contributed by atoms with Gasteiger partial charge in [-0.2, -0.15) is 0 Å². The summed E-state index contributed by atoms with van der Waals surface area (Å²) >= 11 is 0. The van der Waals surface area contributed by atoms with E-state index >= 15 is 0 Å². The van der Waals surface area contributed by atoms with E-state index in [-0.39, 0.29) is 6.04 Å². The van der Waals surface area contributed by atoms with Crippen LogP contribution < -0.4 is 0 Å². The number of quaternary nitrogens is 1. The zero-order valence-corrected chi connectivity index (χ0v) is 23.8. The molecular formula is C28H59NO3P+. The number of hydrogen-bond acceptors (Lipinski definition) is 1. The van der Waals surface area contributed by atoms with Crippen molar-refractivity contribution in [3.8, 4) is 0 Å². The standard InChI is InChI=1S/C28H58NO3P/c1-6-7-8-9-10-11-12-13-14-15-16-17-18-19-20-21-22-23-24-25-26-28(29(3,4)5)27(2)33(30,31)32/h13-14,27-28H,6-12,15-26H2,1-5H3,(H-,30,31,32)/p+1/b14-13-. The molecule has 198 valence electrons. The molecule has 2 N–H and O–H groups in total. The molecule has 0 bridgehead atoms. The van der Waals surface area contributed by atoms with Crippen molar-refractivity contribution in [2.45, 2.75) is 148 Å². The van der Waals surface area contributed by atoms with Crippen molar-refractivity contribution in [3.63, 3.8) is 0 Å². The molecule has 0 heterocycles. The SMILES string of the molecule is CCCCCCCC/C=C\CCCCCCCCCCCCC(C(C)P(=O)(O)O)[N+](C)(C)C. The van der Waals surface area contributed by atoms with E-state index in [0.717, 1.165) is 12.8 Å². The first kappa shape index (κ1) is 32.8. The summed E-state index contributed by atoms with van der Waals surface area (Å²) in [5, 5.41) is 0. The first-order chi connectivity index (χ1) is 15.6. The molecule has 0 saturated heterocycles. The van der Waals surface area contributed by atoms with Crippen molar-refractivity contribution < 1.29 is 18.8 Å². The minimum absolute atomic E-state index is 0.0104. The second-order valence-electron chi connectivity index (χ2n) is 11.2. The predicted molar refractivity (Wildman–Crippen MR) is 146 cm³/mol. The van der Waals surface area contributed by atoms with Gasteiger partial charge < -0.3 is 14.3 Å². The van der Waals surface area contributed by atoms with E-state index in [0.29, 0.717) is 4.48 Å². The van der Waals surface area contributed by atoms with Crippen molar-refractivity contribution in [2.75, 3.05) is 21.1 Å². The van der Waals surface area contributed by atoms with Crippen LogP contribution in [-0.4, -0.2) is 47.1 Å². The van der Waals surface area contributed by atoms with Gasteiger partial charge in [0.25, 0.3) is 0 Å². The molecular weight excluding hydrogens is 429 g/mol. The molecule has 4 nitrogen and oxygen atoms in total. The Morgan fingerprint density at radius 2 is 1.03 bits per heavy atom. The Labute approximate surface area is 207 Å². The van der Waals surface area contributed by atoms with Crippen LogP contribution in [0.15, 0.2) is 12.2 Å². The van der Waals surface area contributed by atoms with E-state index in [1.165, 1.54) is 109 Å². The first-order valence-electron chi connectivity index (χ1n) is 14.1. The minimum Gasteiger partial charge on any atom is -0.328 e. The number of allylic oxidation sites excluding steroid dienone is 2. The number of hydrogen-bond donors (Lipinski definition) is 2. The summed E-state index contributed by atoms with van der Waals surface area (Å²) in [6.45, 7) is 3.99. The average molecular weight is 489 g/mol. The monoisotopic (exact) mass is 488 g/mol. The van der Waals surface area contributed by atoms with E-state index in [4.69, 9.17) is 0 Å². The fraction of sp³-hybridized carbons (Fsp3) is 0.929. The van der Waals surface area contributed by atoms with Gasteiger partial charge in [-0.3, -0.25) is 4.57 Å². The van der Waals surface area contributed by atoms with Crippen molar-refractivity contribution >= 4 is 7.60 Å². The molecule has 0 aliphatic carbocycles. The van der Waals surface area contributed by atoms with Crippen molar-refractivity contribution in [2.24, 2.45) is 0 Å². The summed E-state index contributed by atoms with van der Waals surface area (Å²) in [5.41, 5.74) is -0.576. The highest BCUT2D eigenvalue weighted by Gasteiger charge is 2.39. The lowest BCUT2D eigenvalue weighted by atomic mass is 10.0. The highest BCUT2D eigenvalue weighted by molar-refractivity contribution is 7.52. The van der Waals surface area contributed by atoms with E-state index in [9.17, 15) is 14.4 Å². The van der Waals surface area contributed by atoms with Crippen LogP contribution in [-0.2, 0) is 4.57 Å². The second kappa shape index (κ2) is 20.1. The molecule has 0 amide bonds. The zero-order chi connectivity index (χ0) is 25.0. The summed E-state index contributed by atoms with van der Waals surface area (Å²) in [4.78, 5) is 19.2. The van der Waals surface area contributed by atoms with Crippen LogP contribution in [0.2, 0.25) is 0 Å². The molecule has 0 saturated carbocycles. The Kier molecular flexibility index (Phi) is 20.0. The third-order valence-corrected chi connectivity index (χ3v) is 8.50. The topological polar surface area (TPSA) is 57.5 Å². The Balaban J connectivity index is 3.54. The summed E-state index contributed by atoms with van der Waals surface area (Å²) in [7, 11) is 2.11. The van der Waals surface area contributed by atoms with E-state index < -0.39 is 13.3 Å². The van der Waals surface area contributed by atoms with E-state index in [1.54, 1.807) is 6.92 Å². The van der Waals surface area contributed by atoms with Gasteiger partial charge in [0.1, 0.15) is 11.7 Å². The fourth-order valence-corrected chi connectivity index (χ4v) is 5.81. The highest BCUT2D eigenvalue weighted by atomic mass is 31.2. The van der Waals surface area contributed by atoms with Crippen LogP contribution in [0.5, 0.6) is 0 Å². The van der Waals surface area contributed by atoms with Crippen molar-refractivity contribution in [1.29, 1.82) is 0 Å². The van der Waals surface area contributed by atoms with Gasteiger partial charge in [-0.25, -0.2) is 0 Å². The Hall–Kier alpha value is -0.150. The first-order valence-corrected chi connectivity index (χ1v) is 15.8. The summed E-state index contributed by atoms with van der Waals surface area (Å²) in [5.74, 6) is 0. The number of unbranched alkanes of at least 4 members (excludes halogenated alkanes) is 16. The smallest absolute Gasteiger partial charge is 0.328 e. The second-order valence-corrected chi connectivity index (χ2v) is 13.1. The van der Waals surface area contributed by atoms with Gasteiger partial charge in [0.15, 0.2) is 0 Å². The molecule has 0 aromatic carbocycles. The number of rotatable bonds is 23. The molecule has 0 aromatic rings. The van der Waals surface area contributed by atoms with Gasteiger partial charge in [0.2, 0.25) is 0 Å². The minimum atomic E-state index is -4.02. The lowest BCUT2D eigenvalue weighted by Gasteiger charge is -2.38. The molecule has 2 atom stereocenters. The third kappa shape index (κ3) is 19.8. The maximum atomic E-state index is 11.7. The summed E-state index contributed by atoms with van der Waals surface area (Å²) in [6, 6.07) is 0.0104. The molecule has 0 aliphatic heterocycles. The van der Waals surface area contributed by atoms with Crippen molar-refractivity contribution in [3.05, 3.63) is 12.2 Å². The lowest BCUT2D eigenvalue weighted by Crippen LogP contribution is -2.50. The van der Waals surface area contributed by atoms with Crippen LogP contribution >= 0.6 is 7.60 Å². The maximum Gasteiger partial charge on any atom is 0.334 e. The molecule has 5 heteroatoms. The Morgan fingerprint density at radius 3 is 1.39 bits per heavy atom. The van der Waals surface area contributed by atoms with Crippen LogP contribution in [0.1, 0.15) is 136 Å². The normalized spacial score (nSPS) is 14.8. The molecule has 33 heavy (non-hydrogen) atoms. The summed E-state index contributed by atoms with van der Waals surface area (Å²) < 4.78 is 12.3. The fourth-order valence-electron chi connectivity index (χ4n) is 4.81.